The quantitative estimate of drug-likeness (QED) is 0.745. The molecule has 1 N–H and O–H groups in total. The molecule has 2 aromatic rings. The van der Waals surface area contributed by atoms with Crippen molar-refractivity contribution in [2.24, 2.45) is 0 Å². The lowest BCUT2D eigenvalue weighted by Gasteiger charge is -2.18. The van der Waals surface area contributed by atoms with Crippen molar-refractivity contribution >= 4 is 27.5 Å². The maximum Gasteiger partial charge on any atom is 0.258 e. The summed E-state index contributed by atoms with van der Waals surface area (Å²) in [5.41, 5.74) is 0.430. The van der Waals surface area contributed by atoms with Crippen LogP contribution in [0.2, 0.25) is 0 Å². The van der Waals surface area contributed by atoms with E-state index < -0.39 is 27.3 Å². The van der Waals surface area contributed by atoms with Crippen LogP contribution < -0.4 is 5.32 Å². The highest BCUT2D eigenvalue weighted by atomic mass is 32.2. The van der Waals surface area contributed by atoms with Gasteiger partial charge in [-0.1, -0.05) is 0 Å². The molecule has 0 spiro atoms. The van der Waals surface area contributed by atoms with Crippen LogP contribution in [0.1, 0.15) is 34.6 Å². The highest BCUT2D eigenvalue weighted by Crippen LogP contribution is 2.19. The van der Waals surface area contributed by atoms with E-state index in [2.05, 4.69) is 5.32 Å². The molecule has 0 aromatic heterocycles. The van der Waals surface area contributed by atoms with E-state index in [0.717, 1.165) is 22.5 Å². The molecular formula is C20H24FN3O4S. The number of nitrogens with one attached hydrogen (secondary N) is 1. The minimum absolute atomic E-state index is 0.125. The van der Waals surface area contributed by atoms with Crippen molar-refractivity contribution in [2.75, 3.05) is 32.5 Å². The van der Waals surface area contributed by atoms with E-state index in [4.69, 9.17) is 0 Å². The third kappa shape index (κ3) is 4.99. The zero-order chi connectivity index (χ0) is 21.8. The van der Waals surface area contributed by atoms with Crippen LogP contribution in [0.25, 0.3) is 0 Å². The van der Waals surface area contributed by atoms with Crippen molar-refractivity contribution in [3.63, 3.8) is 0 Å². The lowest BCUT2D eigenvalue weighted by molar-refractivity contribution is 0.0773. The van der Waals surface area contributed by atoms with E-state index in [9.17, 15) is 22.4 Å². The summed E-state index contributed by atoms with van der Waals surface area (Å²) in [5, 5.41) is 2.52. The third-order valence-electron chi connectivity index (χ3n) is 4.40. The second-order valence-electron chi connectivity index (χ2n) is 6.44. The molecule has 2 aromatic carbocycles. The number of hydrogen-bond donors (Lipinski definition) is 1. The highest BCUT2D eigenvalue weighted by molar-refractivity contribution is 7.89. The van der Waals surface area contributed by atoms with Gasteiger partial charge in [-0.15, -0.1) is 0 Å². The Morgan fingerprint density at radius 1 is 1.00 bits per heavy atom. The molecule has 2 rings (SSSR count). The lowest BCUT2D eigenvalue weighted by atomic mass is 10.1. The maximum atomic E-state index is 14.1. The van der Waals surface area contributed by atoms with Crippen molar-refractivity contribution in [3.8, 4) is 0 Å². The van der Waals surface area contributed by atoms with Gasteiger partial charge in [-0.2, -0.15) is 0 Å². The summed E-state index contributed by atoms with van der Waals surface area (Å²) < 4.78 is 39.5. The van der Waals surface area contributed by atoms with Gasteiger partial charge in [0.15, 0.2) is 0 Å². The molecule has 0 radical (unpaired) electrons. The third-order valence-corrected chi connectivity index (χ3v) is 6.21. The first kappa shape index (κ1) is 22.5. The summed E-state index contributed by atoms with van der Waals surface area (Å²) in [4.78, 5) is 26.3. The Labute approximate surface area is 170 Å². The summed E-state index contributed by atoms with van der Waals surface area (Å²) in [5.74, 6) is -1.75. The summed E-state index contributed by atoms with van der Waals surface area (Å²) in [6.07, 6.45) is 0. The van der Waals surface area contributed by atoms with E-state index in [1.54, 1.807) is 17.0 Å². The van der Waals surface area contributed by atoms with Crippen LogP contribution in [-0.2, 0) is 10.0 Å². The van der Waals surface area contributed by atoms with Gasteiger partial charge < -0.3 is 10.2 Å². The number of nitrogens with zero attached hydrogens (tertiary/aromatic N) is 2. The average molecular weight is 421 g/mol. The normalized spacial score (nSPS) is 11.4. The number of carbonyl (C=O) groups excluding carboxylic acids is 2. The van der Waals surface area contributed by atoms with Crippen molar-refractivity contribution in [1.29, 1.82) is 0 Å². The zero-order valence-electron chi connectivity index (χ0n) is 16.8. The van der Waals surface area contributed by atoms with E-state index in [1.807, 2.05) is 13.8 Å². The van der Waals surface area contributed by atoms with Gasteiger partial charge in [0.2, 0.25) is 10.0 Å². The number of carbonyl (C=O) groups is 2. The lowest BCUT2D eigenvalue weighted by Crippen LogP contribution is -2.30. The molecule has 0 heterocycles. The zero-order valence-corrected chi connectivity index (χ0v) is 17.6. The highest BCUT2D eigenvalue weighted by Gasteiger charge is 2.21. The second kappa shape index (κ2) is 9.15. The summed E-state index contributed by atoms with van der Waals surface area (Å²) in [7, 11) is -1.11. The molecule has 2 amide bonds. The van der Waals surface area contributed by atoms with Crippen LogP contribution in [0.15, 0.2) is 47.4 Å². The molecule has 0 saturated carbocycles. The molecule has 0 aliphatic heterocycles. The largest absolute Gasteiger partial charge is 0.339 e. The first-order valence-electron chi connectivity index (χ1n) is 9.04. The molecule has 29 heavy (non-hydrogen) atoms. The van der Waals surface area contributed by atoms with Gasteiger partial charge in [0.05, 0.1) is 10.5 Å². The number of benzene rings is 2. The van der Waals surface area contributed by atoms with Gasteiger partial charge in [0.25, 0.3) is 11.8 Å². The van der Waals surface area contributed by atoms with Crippen LogP contribution in [0.4, 0.5) is 10.1 Å². The van der Waals surface area contributed by atoms with Gasteiger partial charge >= 0.3 is 0 Å². The minimum Gasteiger partial charge on any atom is -0.339 e. The summed E-state index contributed by atoms with van der Waals surface area (Å²) in [6, 6.07) is 9.25. The van der Waals surface area contributed by atoms with Crippen molar-refractivity contribution in [3.05, 3.63) is 59.4 Å². The molecule has 9 heteroatoms. The number of sulfonamides is 1. The predicted octanol–water partition coefficient (Wildman–Crippen LogP) is 2.81. The molecule has 0 fully saturated rings. The fraction of sp³-hybridized carbons (Fsp3) is 0.300. The van der Waals surface area contributed by atoms with Crippen LogP contribution in [0.5, 0.6) is 0 Å². The van der Waals surface area contributed by atoms with Gasteiger partial charge in [-0.25, -0.2) is 17.1 Å². The summed E-state index contributed by atoms with van der Waals surface area (Å²) in [6.45, 7) is 4.93. The Morgan fingerprint density at radius 3 is 2.10 bits per heavy atom. The average Bonchev–Trinajstić information content (AvgIpc) is 2.69. The minimum atomic E-state index is -3.81. The molecule has 156 valence electrons. The van der Waals surface area contributed by atoms with Gasteiger partial charge in [-0.3, -0.25) is 9.59 Å². The van der Waals surface area contributed by atoms with Crippen LogP contribution in [-0.4, -0.2) is 56.6 Å². The molecular weight excluding hydrogens is 397 g/mol. The number of amides is 2. The Morgan fingerprint density at radius 2 is 1.59 bits per heavy atom. The van der Waals surface area contributed by atoms with Gasteiger partial charge in [-0.05, 0) is 56.3 Å². The molecule has 0 aliphatic carbocycles. The fourth-order valence-electron chi connectivity index (χ4n) is 2.64. The van der Waals surface area contributed by atoms with Crippen molar-refractivity contribution < 1.29 is 22.4 Å². The molecule has 0 unspecified atom stereocenters. The van der Waals surface area contributed by atoms with E-state index in [1.165, 1.54) is 26.2 Å². The van der Waals surface area contributed by atoms with Gasteiger partial charge in [0, 0.05) is 38.4 Å². The molecule has 0 atom stereocenters. The predicted molar refractivity (Wildman–Crippen MR) is 109 cm³/mol. The number of rotatable bonds is 7. The van der Waals surface area contributed by atoms with Gasteiger partial charge in [0.1, 0.15) is 5.82 Å². The number of anilines is 1. The molecule has 0 aliphatic rings. The molecule has 7 nitrogen and oxygen atoms in total. The first-order chi connectivity index (χ1) is 13.6. The SMILES string of the molecule is CCN(CC)C(=O)c1ccc(NC(=O)c2cc(S(=O)(=O)N(C)C)ccc2F)cc1. The second-order valence-corrected chi connectivity index (χ2v) is 8.59. The Hall–Kier alpha value is -2.78. The molecule has 0 bridgehead atoms. The van der Waals surface area contributed by atoms with E-state index in [0.29, 0.717) is 24.3 Å². The van der Waals surface area contributed by atoms with E-state index in [-0.39, 0.29) is 10.8 Å². The number of hydrogen-bond acceptors (Lipinski definition) is 4. The standard InChI is InChI=1S/C20H24FN3O4S/c1-5-24(6-2)20(26)14-7-9-15(10-8-14)22-19(25)17-13-16(11-12-18(17)21)29(27,28)23(3)4/h7-13H,5-6H2,1-4H3,(H,22,25). The van der Waals surface area contributed by atoms with Crippen LogP contribution in [0, 0.1) is 5.82 Å². The van der Waals surface area contributed by atoms with Crippen molar-refractivity contribution in [1.82, 2.24) is 9.21 Å². The first-order valence-corrected chi connectivity index (χ1v) is 10.5. The topological polar surface area (TPSA) is 86.8 Å². The molecule has 0 saturated heterocycles. The summed E-state index contributed by atoms with van der Waals surface area (Å²) >= 11 is 0. The Bertz CT molecular complexity index is 1000. The van der Waals surface area contributed by atoms with E-state index >= 15 is 0 Å². The number of halogens is 1. The Kier molecular flexibility index (Phi) is 7.10. The van der Waals surface area contributed by atoms with Crippen molar-refractivity contribution in [2.45, 2.75) is 18.7 Å². The van der Waals surface area contributed by atoms with Crippen LogP contribution >= 0.6 is 0 Å². The monoisotopic (exact) mass is 421 g/mol. The Balaban J connectivity index is 2.24. The van der Waals surface area contributed by atoms with Crippen LogP contribution in [0.3, 0.4) is 0 Å². The fourth-order valence-corrected chi connectivity index (χ4v) is 3.57. The maximum absolute atomic E-state index is 14.1. The smallest absolute Gasteiger partial charge is 0.258 e.